The molecule has 0 radical (unpaired) electrons. The van der Waals surface area contributed by atoms with Gasteiger partial charge in [0, 0.05) is 65.0 Å². The Morgan fingerprint density at radius 1 is 0.393 bits per heavy atom. The largest absolute Gasteiger partial charge is 0.455 e. The zero-order chi connectivity index (χ0) is 37.0. The van der Waals surface area contributed by atoms with Gasteiger partial charge in [-0.3, -0.25) is 4.98 Å². The van der Waals surface area contributed by atoms with Crippen LogP contribution in [0.4, 0.5) is 0 Å². The summed E-state index contributed by atoms with van der Waals surface area (Å²) in [6.07, 6.45) is 1.82. The Hall–Kier alpha value is -7.21. The zero-order valence-corrected chi connectivity index (χ0v) is 30.9. The van der Waals surface area contributed by atoms with Gasteiger partial charge in [0.1, 0.15) is 11.2 Å². The zero-order valence-electron chi connectivity index (χ0n) is 30.1. The summed E-state index contributed by atoms with van der Waals surface area (Å²) in [4.78, 5) is 15.0. The summed E-state index contributed by atoms with van der Waals surface area (Å²) < 4.78 is 9.31. The number of para-hydroxylation sites is 1. The number of fused-ring (bicyclic) bond motifs is 6. The molecule has 11 aromatic rings. The van der Waals surface area contributed by atoms with Crippen LogP contribution in [0, 0.1) is 0 Å². The summed E-state index contributed by atoms with van der Waals surface area (Å²) >= 11 is 1.84. The third-order valence-electron chi connectivity index (χ3n) is 10.6. The fraction of sp³-hybridized carbons (Fsp3) is 0. The number of rotatable bonds is 6. The third kappa shape index (κ3) is 5.48. The van der Waals surface area contributed by atoms with E-state index in [0.717, 1.165) is 78.0 Å². The van der Waals surface area contributed by atoms with Crippen LogP contribution in [-0.2, 0) is 0 Å². The van der Waals surface area contributed by atoms with Gasteiger partial charge in [-0.1, -0.05) is 133 Å². The lowest BCUT2D eigenvalue weighted by Crippen LogP contribution is -1.98. The van der Waals surface area contributed by atoms with Crippen LogP contribution < -0.4 is 0 Å². The molecule has 0 unspecified atom stereocenters. The van der Waals surface area contributed by atoms with E-state index in [2.05, 4.69) is 132 Å². The number of hydrogen-bond acceptors (Lipinski definition) is 5. The highest BCUT2D eigenvalue weighted by molar-refractivity contribution is 7.25. The lowest BCUT2D eigenvalue weighted by atomic mass is 9.93. The van der Waals surface area contributed by atoms with Crippen LogP contribution in [0.3, 0.4) is 0 Å². The standard InChI is InChI=1S/C51H31N3OS/c1-2-12-33(13-3-1)44-31-45(54-51(53-44)40-16-5-4-14-38(40)43-18-10-11-29-52-43)34-23-21-32(22-24-34)37-27-26-36(49-41-17-6-8-19-46(41)55-50(37)49)35-25-28-48-42(30-35)39-15-7-9-20-47(39)56-48/h1-31H. The van der Waals surface area contributed by atoms with Crippen LogP contribution in [-0.4, -0.2) is 15.0 Å². The average Bonchev–Trinajstić information content (AvgIpc) is 3.85. The van der Waals surface area contributed by atoms with Crippen molar-refractivity contribution in [1.29, 1.82) is 0 Å². The molecule has 4 aromatic heterocycles. The quantitative estimate of drug-likeness (QED) is 0.171. The molecule has 4 heterocycles. The Bertz CT molecular complexity index is 3240. The summed E-state index contributed by atoms with van der Waals surface area (Å²) in [5.41, 5.74) is 12.8. The molecule has 0 fully saturated rings. The van der Waals surface area contributed by atoms with Gasteiger partial charge in [-0.25, -0.2) is 9.97 Å². The van der Waals surface area contributed by atoms with Gasteiger partial charge in [0.05, 0.1) is 17.1 Å². The van der Waals surface area contributed by atoms with E-state index in [1.807, 2.05) is 72.1 Å². The maximum Gasteiger partial charge on any atom is 0.161 e. The maximum absolute atomic E-state index is 6.71. The van der Waals surface area contributed by atoms with Crippen molar-refractivity contribution in [3.63, 3.8) is 0 Å². The number of furan rings is 1. The minimum atomic E-state index is 0.653. The third-order valence-corrected chi connectivity index (χ3v) is 11.8. The highest BCUT2D eigenvalue weighted by Gasteiger charge is 2.19. The van der Waals surface area contributed by atoms with Crippen molar-refractivity contribution in [3.8, 4) is 67.4 Å². The van der Waals surface area contributed by atoms with E-state index in [-0.39, 0.29) is 0 Å². The van der Waals surface area contributed by atoms with Gasteiger partial charge < -0.3 is 4.42 Å². The second kappa shape index (κ2) is 13.3. The monoisotopic (exact) mass is 733 g/mol. The molecule has 0 N–H and O–H groups in total. The van der Waals surface area contributed by atoms with Crippen molar-refractivity contribution >= 4 is 53.4 Å². The lowest BCUT2D eigenvalue weighted by Gasteiger charge is -2.13. The van der Waals surface area contributed by atoms with E-state index < -0.39 is 0 Å². The molecule has 0 spiro atoms. The second-order valence-corrected chi connectivity index (χ2v) is 15.0. The van der Waals surface area contributed by atoms with Crippen molar-refractivity contribution in [3.05, 3.63) is 188 Å². The minimum Gasteiger partial charge on any atom is -0.455 e. The Morgan fingerprint density at radius 2 is 1.04 bits per heavy atom. The number of hydrogen-bond donors (Lipinski definition) is 0. The van der Waals surface area contributed by atoms with Crippen molar-refractivity contribution in [2.45, 2.75) is 0 Å². The smallest absolute Gasteiger partial charge is 0.161 e. The van der Waals surface area contributed by atoms with Gasteiger partial charge in [0.15, 0.2) is 5.82 Å². The predicted molar refractivity (Wildman–Crippen MR) is 233 cm³/mol. The van der Waals surface area contributed by atoms with Crippen molar-refractivity contribution in [2.24, 2.45) is 0 Å². The Labute approximate surface area is 327 Å². The van der Waals surface area contributed by atoms with Crippen LogP contribution in [0.1, 0.15) is 0 Å². The normalized spacial score (nSPS) is 11.6. The van der Waals surface area contributed by atoms with Crippen molar-refractivity contribution < 1.29 is 4.42 Å². The van der Waals surface area contributed by atoms with Crippen molar-refractivity contribution in [1.82, 2.24) is 15.0 Å². The number of benzene rings is 7. The molecule has 5 heteroatoms. The Kier molecular flexibility index (Phi) is 7.64. The second-order valence-electron chi connectivity index (χ2n) is 13.9. The van der Waals surface area contributed by atoms with E-state index in [1.165, 1.54) is 25.7 Å². The highest BCUT2D eigenvalue weighted by atomic mass is 32.1. The molecular weight excluding hydrogens is 703 g/mol. The molecular formula is C51H31N3OS. The molecule has 0 aliphatic rings. The first-order chi connectivity index (χ1) is 27.7. The highest BCUT2D eigenvalue weighted by Crippen LogP contribution is 2.44. The van der Waals surface area contributed by atoms with Crippen molar-refractivity contribution in [2.75, 3.05) is 0 Å². The molecule has 11 rings (SSSR count). The summed E-state index contributed by atoms with van der Waals surface area (Å²) in [5, 5.41) is 4.82. The lowest BCUT2D eigenvalue weighted by molar-refractivity contribution is 0.670. The molecule has 0 bridgehead atoms. The first kappa shape index (κ1) is 32.2. The fourth-order valence-corrected chi connectivity index (χ4v) is 8.99. The average molecular weight is 734 g/mol. The fourth-order valence-electron chi connectivity index (χ4n) is 7.91. The van der Waals surface area contributed by atoms with Crippen LogP contribution in [0.15, 0.2) is 193 Å². The number of aromatic nitrogens is 3. The summed E-state index contributed by atoms with van der Waals surface area (Å²) in [7, 11) is 0. The molecule has 7 aromatic carbocycles. The van der Waals surface area contributed by atoms with Gasteiger partial charge in [0.2, 0.25) is 0 Å². The van der Waals surface area contributed by atoms with E-state index in [0.29, 0.717) is 5.82 Å². The number of thiophene rings is 1. The molecule has 262 valence electrons. The summed E-state index contributed by atoms with van der Waals surface area (Å²) in [6.45, 7) is 0. The van der Waals surface area contributed by atoms with Gasteiger partial charge in [-0.15, -0.1) is 11.3 Å². The first-order valence-electron chi connectivity index (χ1n) is 18.7. The van der Waals surface area contributed by atoms with E-state index >= 15 is 0 Å². The van der Waals surface area contributed by atoms with Gasteiger partial charge in [-0.05, 0) is 65.2 Å². The maximum atomic E-state index is 6.71. The number of nitrogens with zero attached hydrogens (tertiary/aromatic N) is 3. The van der Waals surface area contributed by atoms with Gasteiger partial charge in [0.25, 0.3) is 0 Å². The SMILES string of the molecule is c1ccc(-c2cc(-c3ccc(-c4ccc(-c5ccc6sc7ccccc7c6c5)c5c4oc4ccccc45)cc3)nc(-c3ccccc3-c3ccccn3)n2)cc1. The minimum absolute atomic E-state index is 0.653. The molecule has 0 atom stereocenters. The van der Waals surface area contributed by atoms with Crippen LogP contribution in [0.25, 0.3) is 110 Å². The molecule has 0 aliphatic carbocycles. The molecule has 0 saturated heterocycles. The van der Waals surface area contributed by atoms with Crippen LogP contribution >= 0.6 is 11.3 Å². The Morgan fingerprint density at radius 3 is 1.86 bits per heavy atom. The van der Waals surface area contributed by atoms with Crippen LogP contribution in [0.2, 0.25) is 0 Å². The van der Waals surface area contributed by atoms with Gasteiger partial charge >= 0.3 is 0 Å². The molecule has 0 amide bonds. The van der Waals surface area contributed by atoms with Crippen LogP contribution in [0.5, 0.6) is 0 Å². The molecule has 0 saturated carbocycles. The van der Waals surface area contributed by atoms with Gasteiger partial charge in [-0.2, -0.15) is 0 Å². The number of pyridine rings is 1. The topological polar surface area (TPSA) is 51.8 Å². The van der Waals surface area contributed by atoms with E-state index in [9.17, 15) is 0 Å². The summed E-state index contributed by atoms with van der Waals surface area (Å²) in [5.74, 6) is 0.653. The molecule has 56 heavy (non-hydrogen) atoms. The predicted octanol–water partition coefficient (Wildman–Crippen LogP) is 14.1. The Balaban J connectivity index is 1.03. The molecule has 4 nitrogen and oxygen atoms in total. The first-order valence-corrected chi connectivity index (χ1v) is 19.5. The molecule has 0 aliphatic heterocycles. The van der Waals surface area contributed by atoms with E-state index in [1.54, 1.807) is 0 Å². The van der Waals surface area contributed by atoms with E-state index in [4.69, 9.17) is 14.4 Å². The summed E-state index contributed by atoms with van der Waals surface area (Å²) in [6, 6.07) is 63.5.